The summed E-state index contributed by atoms with van der Waals surface area (Å²) in [7, 11) is 0. The highest BCUT2D eigenvalue weighted by Gasteiger charge is 2.14. The normalized spacial score (nSPS) is 10.3. The largest absolute Gasteiger partial charge is 0.321 e. The topological polar surface area (TPSA) is 58.1 Å². The van der Waals surface area contributed by atoms with E-state index in [9.17, 15) is 4.79 Å². The highest BCUT2D eigenvalue weighted by atomic mass is 16.1. The number of anilines is 3. The lowest BCUT2D eigenvalue weighted by atomic mass is 10.2. The summed E-state index contributed by atoms with van der Waals surface area (Å²) in [6.07, 6.45) is 1.61. The Balaban J connectivity index is 1.84. The Bertz CT molecular complexity index is 864. The maximum Gasteiger partial charge on any atom is 0.274 e. The van der Waals surface area contributed by atoms with Crippen LogP contribution >= 0.6 is 0 Å². The van der Waals surface area contributed by atoms with Crippen molar-refractivity contribution in [1.82, 2.24) is 9.97 Å². The van der Waals surface area contributed by atoms with Crippen LogP contribution in [0.15, 0.2) is 66.9 Å². The first-order valence-corrected chi connectivity index (χ1v) is 8.21. The molecular formula is C20H20N4O. The highest BCUT2D eigenvalue weighted by molar-refractivity contribution is 6.03. The van der Waals surface area contributed by atoms with E-state index < -0.39 is 0 Å². The van der Waals surface area contributed by atoms with Crippen LogP contribution in [0.1, 0.15) is 23.0 Å². The van der Waals surface area contributed by atoms with Crippen molar-refractivity contribution in [3.63, 3.8) is 0 Å². The van der Waals surface area contributed by atoms with E-state index in [-0.39, 0.29) is 5.91 Å². The van der Waals surface area contributed by atoms with Gasteiger partial charge in [0.2, 0.25) is 5.95 Å². The molecule has 0 bridgehead atoms. The molecule has 0 aliphatic rings. The van der Waals surface area contributed by atoms with Gasteiger partial charge in [-0.15, -0.1) is 0 Å². The van der Waals surface area contributed by atoms with Gasteiger partial charge in [0, 0.05) is 24.1 Å². The molecule has 0 aliphatic heterocycles. The summed E-state index contributed by atoms with van der Waals surface area (Å²) in [4.78, 5) is 23.2. The van der Waals surface area contributed by atoms with Crippen molar-refractivity contribution in [2.45, 2.75) is 13.8 Å². The SMILES string of the molecule is CCN(c1ccccc1)c1nccc(C(=O)Nc2cccc(C)c2)n1. The van der Waals surface area contributed by atoms with Gasteiger partial charge < -0.3 is 10.2 Å². The first kappa shape index (κ1) is 16.6. The van der Waals surface area contributed by atoms with Crippen molar-refractivity contribution in [2.75, 3.05) is 16.8 Å². The van der Waals surface area contributed by atoms with Crippen LogP contribution in [-0.4, -0.2) is 22.4 Å². The number of carbonyl (C=O) groups excluding carboxylic acids is 1. The molecular weight excluding hydrogens is 312 g/mol. The summed E-state index contributed by atoms with van der Waals surface area (Å²) in [5.74, 6) is 0.254. The fraction of sp³-hybridized carbons (Fsp3) is 0.150. The molecule has 1 heterocycles. The van der Waals surface area contributed by atoms with Crippen LogP contribution in [0.25, 0.3) is 0 Å². The Labute approximate surface area is 147 Å². The van der Waals surface area contributed by atoms with Crippen LogP contribution in [0.2, 0.25) is 0 Å². The maximum absolute atomic E-state index is 12.5. The summed E-state index contributed by atoms with van der Waals surface area (Å²) in [6.45, 7) is 4.71. The van der Waals surface area contributed by atoms with Crippen LogP contribution in [0.4, 0.5) is 17.3 Å². The predicted octanol–water partition coefficient (Wildman–Crippen LogP) is 4.20. The van der Waals surface area contributed by atoms with Gasteiger partial charge in [0.15, 0.2) is 0 Å². The quantitative estimate of drug-likeness (QED) is 0.761. The van der Waals surface area contributed by atoms with Crippen LogP contribution in [0, 0.1) is 6.92 Å². The smallest absolute Gasteiger partial charge is 0.274 e. The Hall–Kier alpha value is -3.21. The number of hydrogen-bond acceptors (Lipinski definition) is 4. The third-order valence-corrected chi connectivity index (χ3v) is 3.78. The lowest BCUT2D eigenvalue weighted by Gasteiger charge is -2.21. The molecule has 1 aromatic heterocycles. The molecule has 2 aromatic carbocycles. The molecule has 3 aromatic rings. The molecule has 0 saturated heterocycles. The average Bonchev–Trinajstić information content (AvgIpc) is 2.63. The molecule has 0 radical (unpaired) electrons. The number of para-hydroxylation sites is 1. The molecule has 126 valence electrons. The average molecular weight is 332 g/mol. The zero-order valence-electron chi connectivity index (χ0n) is 14.3. The zero-order valence-corrected chi connectivity index (χ0v) is 14.3. The van der Waals surface area contributed by atoms with Crippen LogP contribution in [0.5, 0.6) is 0 Å². The number of rotatable bonds is 5. The van der Waals surface area contributed by atoms with Gasteiger partial charge in [-0.1, -0.05) is 30.3 Å². The van der Waals surface area contributed by atoms with Crippen molar-refractivity contribution in [3.05, 3.63) is 78.1 Å². The molecule has 0 atom stereocenters. The minimum Gasteiger partial charge on any atom is -0.321 e. The van der Waals surface area contributed by atoms with Gasteiger partial charge in [0.25, 0.3) is 5.91 Å². The summed E-state index contributed by atoms with van der Waals surface area (Å²) in [6, 6.07) is 19.2. The van der Waals surface area contributed by atoms with Crippen molar-refractivity contribution in [2.24, 2.45) is 0 Å². The summed E-state index contributed by atoms with van der Waals surface area (Å²) in [5, 5.41) is 2.88. The van der Waals surface area contributed by atoms with Crippen LogP contribution < -0.4 is 10.2 Å². The minimum absolute atomic E-state index is 0.252. The Morgan fingerprint density at radius 3 is 2.60 bits per heavy atom. The molecule has 25 heavy (non-hydrogen) atoms. The van der Waals surface area contributed by atoms with Crippen LogP contribution in [-0.2, 0) is 0 Å². The van der Waals surface area contributed by atoms with Gasteiger partial charge in [-0.2, -0.15) is 0 Å². The van der Waals surface area contributed by atoms with E-state index in [1.807, 2.05) is 73.3 Å². The maximum atomic E-state index is 12.5. The number of nitrogens with zero attached hydrogens (tertiary/aromatic N) is 3. The minimum atomic E-state index is -0.252. The Kier molecular flexibility index (Phi) is 5.04. The van der Waals surface area contributed by atoms with Crippen molar-refractivity contribution >= 4 is 23.2 Å². The number of nitrogens with one attached hydrogen (secondary N) is 1. The van der Waals surface area contributed by atoms with E-state index in [0.29, 0.717) is 18.2 Å². The number of hydrogen-bond donors (Lipinski definition) is 1. The third-order valence-electron chi connectivity index (χ3n) is 3.78. The number of carbonyl (C=O) groups is 1. The number of benzene rings is 2. The lowest BCUT2D eigenvalue weighted by molar-refractivity contribution is 0.102. The molecule has 0 unspecified atom stereocenters. The molecule has 3 rings (SSSR count). The summed E-state index contributed by atoms with van der Waals surface area (Å²) >= 11 is 0. The van der Waals surface area contributed by atoms with Gasteiger partial charge in [0.05, 0.1) is 0 Å². The molecule has 5 nitrogen and oxygen atoms in total. The first-order chi connectivity index (χ1) is 12.2. The fourth-order valence-corrected chi connectivity index (χ4v) is 2.57. The van der Waals surface area contributed by atoms with Gasteiger partial charge in [-0.3, -0.25) is 4.79 Å². The van der Waals surface area contributed by atoms with Crippen molar-refractivity contribution < 1.29 is 4.79 Å². The van der Waals surface area contributed by atoms with E-state index >= 15 is 0 Å². The molecule has 5 heteroatoms. The van der Waals surface area contributed by atoms with E-state index in [2.05, 4.69) is 15.3 Å². The van der Waals surface area contributed by atoms with Gasteiger partial charge in [-0.05, 0) is 49.7 Å². The van der Waals surface area contributed by atoms with Crippen molar-refractivity contribution in [1.29, 1.82) is 0 Å². The van der Waals surface area contributed by atoms with Gasteiger partial charge in [0.1, 0.15) is 5.69 Å². The second-order valence-electron chi connectivity index (χ2n) is 5.65. The number of aromatic nitrogens is 2. The standard InChI is InChI=1S/C20H20N4O/c1-3-24(17-10-5-4-6-11-17)20-21-13-12-18(23-20)19(25)22-16-9-7-8-15(2)14-16/h4-14H,3H2,1-2H3,(H,22,25). The fourth-order valence-electron chi connectivity index (χ4n) is 2.57. The second kappa shape index (κ2) is 7.57. The summed E-state index contributed by atoms with van der Waals surface area (Å²) < 4.78 is 0. The molecule has 0 fully saturated rings. The van der Waals surface area contributed by atoms with Gasteiger partial charge >= 0.3 is 0 Å². The first-order valence-electron chi connectivity index (χ1n) is 8.21. The van der Waals surface area contributed by atoms with Gasteiger partial charge in [-0.25, -0.2) is 9.97 Å². The molecule has 1 amide bonds. The van der Waals surface area contributed by atoms with E-state index in [1.54, 1.807) is 12.3 Å². The number of amides is 1. The summed E-state index contributed by atoms with van der Waals surface area (Å²) in [5.41, 5.74) is 3.16. The molecule has 0 spiro atoms. The van der Waals surface area contributed by atoms with E-state index in [4.69, 9.17) is 0 Å². The third kappa shape index (κ3) is 4.01. The highest BCUT2D eigenvalue weighted by Crippen LogP contribution is 2.21. The lowest BCUT2D eigenvalue weighted by Crippen LogP contribution is -2.21. The molecule has 1 N–H and O–H groups in total. The molecule has 0 saturated carbocycles. The Morgan fingerprint density at radius 1 is 1.08 bits per heavy atom. The van der Waals surface area contributed by atoms with Crippen molar-refractivity contribution in [3.8, 4) is 0 Å². The van der Waals surface area contributed by atoms with E-state index in [1.165, 1.54) is 0 Å². The van der Waals surface area contributed by atoms with Crippen LogP contribution in [0.3, 0.4) is 0 Å². The second-order valence-corrected chi connectivity index (χ2v) is 5.65. The monoisotopic (exact) mass is 332 g/mol. The Morgan fingerprint density at radius 2 is 1.88 bits per heavy atom. The molecule has 0 aliphatic carbocycles. The number of aryl methyl sites for hydroxylation is 1. The predicted molar refractivity (Wildman–Crippen MR) is 100 cm³/mol. The van der Waals surface area contributed by atoms with E-state index in [0.717, 1.165) is 16.9 Å². The zero-order chi connectivity index (χ0) is 17.6.